The van der Waals surface area contributed by atoms with Gasteiger partial charge in [-0.25, -0.2) is 0 Å². The van der Waals surface area contributed by atoms with Gasteiger partial charge in [0.2, 0.25) is 11.8 Å². The van der Waals surface area contributed by atoms with Crippen LogP contribution < -0.4 is 16.4 Å². The topological polar surface area (TPSA) is 84.2 Å². The van der Waals surface area contributed by atoms with Gasteiger partial charge in [-0.05, 0) is 13.3 Å². The van der Waals surface area contributed by atoms with Crippen LogP contribution in [0.5, 0.6) is 0 Å². The van der Waals surface area contributed by atoms with E-state index in [2.05, 4.69) is 10.6 Å². The molecule has 0 bridgehead atoms. The van der Waals surface area contributed by atoms with Crippen molar-refractivity contribution in [3.8, 4) is 0 Å². The van der Waals surface area contributed by atoms with Gasteiger partial charge in [0.05, 0.1) is 6.04 Å². The number of hydrogen-bond acceptors (Lipinski definition) is 3. The van der Waals surface area contributed by atoms with Gasteiger partial charge >= 0.3 is 0 Å². The standard InChI is InChI=1S/C8H15N3O2/c1-5(9)8(13)11-6-2-3-7(12)10-4-6/h5-6H,2-4,9H2,1H3,(H,10,12)(H,11,13)/t5-,6?/m0/s1. The molecule has 1 aliphatic rings. The first kappa shape index (κ1) is 9.98. The largest absolute Gasteiger partial charge is 0.354 e. The summed E-state index contributed by atoms with van der Waals surface area (Å²) in [4.78, 5) is 21.9. The van der Waals surface area contributed by atoms with E-state index < -0.39 is 6.04 Å². The van der Waals surface area contributed by atoms with Gasteiger partial charge in [-0.15, -0.1) is 0 Å². The Hall–Kier alpha value is -1.10. The molecular weight excluding hydrogens is 170 g/mol. The van der Waals surface area contributed by atoms with Crippen LogP contribution in [0.1, 0.15) is 19.8 Å². The number of amides is 2. The molecule has 2 amide bonds. The summed E-state index contributed by atoms with van der Waals surface area (Å²) >= 11 is 0. The molecule has 0 spiro atoms. The number of nitrogens with two attached hydrogens (primary N) is 1. The van der Waals surface area contributed by atoms with E-state index in [1.165, 1.54) is 0 Å². The fourth-order valence-corrected chi connectivity index (χ4v) is 1.19. The Balaban J connectivity index is 2.30. The van der Waals surface area contributed by atoms with Crippen LogP contribution in [0.3, 0.4) is 0 Å². The molecule has 0 aromatic rings. The Labute approximate surface area is 77.1 Å². The van der Waals surface area contributed by atoms with Crippen molar-refractivity contribution in [3.63, 3.8) is 0 Å². The van der Waals surface area contributed by atoms with Gasteiger partial charge in [0.1, 0.15) is 0 Å². The van der Waals surface area contributed by atoms with Gasteiger partial charge in [-0.3, -0.25) is 9.59 Å². The highest BCUT2D eigenvalue weighted by Crippen LogP contribution is 2.02. The lowest BCUT2D eigenvalue weighted by atomic mass is 10.1. The Kier molecular flexibility index (Phi) is 3.25. The SMILES string of the molecule is C[C@H](N)C(=O)NC1CCC(=O)NC1. The summed E-state index contributed by atoms with van der Waals surface area (Å²) in [6, 6.07) is -0.450. The maximum atomic E-state index is 11.1. The first-order valence-electron chi connectivity index (χ1n) is 4.42. The number of hydrogen-bond donors (Lipinski definition) is 3. The molecule has 2 atom stereocenters. The number of carbonyl (C=O) groups excluding carboxylic acids is 2. The van der Waals surface area contributed by atoms with E-state index in [9.17, 15) is 9.59 Å². The van der Waals surface area contributed by atoms with Crippen molar-refractivity contribution in [1.82, 2.24) is 10.6 Å². The van der Waals surface area contributed by atoms with Crippen molar-refractivity contribution in [2.45, 2.75) is 31.8 Å². The summed E-state index contributed by atoms with van der Waals surface area (Å²) in [6.07, 6.45) is 1.17. The lowest BCUT2D eigenvalue weighted by molar-refractivity contribution is -0.126. The van der Waals surface area contributed by atoms with Gasteiger partial charge in [-0.2, -0.15) is 0 Å². The highest BCUT2D eigenvalue weighted by atomic mass is 16.2. The van der Waals surface area contributed by atoms with Crippen molar-refractivity contribution < 1.29 is 9.59 Å². The first-order chi connectivity index (χ1) is 6.09. The Bertz CT molecular complexity index is 205. The first-order valence-corrected chi connectivity index (χ1v) is 4.42. The van der Waals surface area contributed by atoms with Gasteiger partial charge in [0.25, 0.3) is 0 Å². The van der Waals surface area contributed by atoms with Crippen LogP contribution in [0, 0.1) is 0 Å². The van der Waals surface area contributed by atoms with Crippen molar-refractivity contribution in [1.29, 1.82) is 0 Å². The minimum Gasteiger partial charge on any atom is -0.354 e. The predicted molar refractivity (Wildman–Crippen MR) is 47.8 cm³/mol. The molecule has 1 saturated heterocycles. The molecule has 0 aliphatic carbocycles. The molecule has 1 heterocycles. The van der Waals surface area contributed by atoms with Gasteiger partial charge < -0.3 is 16.4 Å². The second-order valence-corrected chi connectivity index (χ2v) is 3.34. The van der Waals surface area contributed by atoms with Crippen LogP contribution in [0.4, 0.5) is 0 Å². The van der Waals surface area contributed by atoms with E-state index in [1.54, 1.807) is 6.92 Å². The Morgan fingerprint density at radius 1 is 1.77 bits per heavy atom. The van der Waals surface area contributed by atoms with E-state index in [4.69, 9.17) is 5.73 Å². The smallest absolute Gasteiger partial charge is 0.236 e. The molecule has 0 aromatic carbocycles. The van der Waals surface area contributed by atoms with Gasteiger partial charge in [0.15, 0.2) is 0 Å². The maximum absolute atomic E-state index is 11.1. The lowest BCUT2D eigenvalue weighted by Crippen LogP contribution is -2.51. The Morgan fingerprint density at radius 3 is 2.92 bits per heavy atom. The number of nitrogens with one attached hydrogen (secondary N) is 2. The summed E-state index contributed by atoms with van der Waals surface area (Å²) in [7, 11) is 0. The fraction of sp³-hybridized carbons (Fsp3) is 0.750. The van der Waals surface area contributed by atoms with E-state index in [0.29, 0.717) is 19.4 Å². The maximum Gasteiger partial charge on any atom is 0.236 e. The molecule has 5 heteroatoms. The molecule has 1 aliphatic heterocycles. The van der Waals surface area contributed by atoms with Crippen LogP contribution in [0.25, 0.3) is 0 Å². The second-order valence-electron chi connectivity index (χ2n) is 3.34. The number of rotatable bonds is 2. The van der Waals surface area contributed by atoms with Crippen LogP contribution in [-0.4, -0.2) is 30.4 Å². The lowest BCUT2D eigenvalue weighted by Gasteiger charge is -2.24. The van der Waals surface area contributed by atoms with Crippen LogP contribution in [0.15, 0.2) is 0 Å². The average Bonchev–Trinajstić information content (AvgIpc) is 2.08. The van der Waals surface area contributed by atoms with Crippen LogP contribution in [-0.2, 0) is 9.59 Å². The summed E-state index contributed by atoms with van der Waals surface area (Å²) in [6.45, 7) is 2.15. The molecule has 5 nitrogen and oxygen atoms in total. The second kappa shape index (κ2) is 4.23. The zero-order valence-electron chi connectivity index (χ0n) is 7.67. The van der Waals surface area contributed by atoms with Crippen LogP contribution in [0.2, 0.25) is 0 Å². The zero-order valence-corrected chi connectivity index (χ0v) is 7.67. The minimum atomic E-state index is -0.488. The van der Waals surface area contributed by atoms with Gasteiger partial charge in [0, 0.05) is 19.0 Å². The third kappa shape index (κ3) is 3.02. The zero-order chi connectivity index (χ0) is 9.84. The van der Waals surface area contributed by atoms with E-state index >= 15 is 0 Å². The van der Waals surface area contributed by atoms with Crippen LogP contribution >= 0.6 is 0 Å². The van der Waals surface area contributed by atoms with E-state index in [0.717, 1.165) is 0 Å². The van der Waals surface area contributed by atoms with Crippen molar-refractivity contribution in [3.05, 3.63) is 0 Å². The summed E-state index contributed by atoms with van der Waals surface area (Å²) in [5.41, 5.74) is 5.38. The number of carbonyl (C=O) groups is 2. The van der Waals surface area contributed by atoms with Crippen molar-refractivity contribution in [2.75, 3.05) is 6.54 Å². The molecule has 4 N–H and O–H groups in total. The minimum absolute atomic E-state index is 0.0381. The quantitative estimate of drug-likeness (QED) is 0.501. The van der Waals surface area contributed by atoms with Gasteiger partial charge in [-0.1, -0.05) is 0 Å². The summed E-state index contributed by atoms with van der Waals surface area (Å²) in [5.74, 6) is -0.118. The molecular formula is C8H15N3O2. The third-order valence-electron chi connectivity index (χ3n) is 2.03. The fourth-order valence-electron chi connectivity index (χ4n) is 1.19. The molecule has 1 unspecified atom stereocenters. The average molecular weight is 185 g/mol. The highest BCUT2D eigenvalue weighted by Gasteiger charge is 2.20. The summed E-state index contributed by atoms with van der Waals surface area (Å²) < 4.78 is 0. The molecule has 0 radical (unpaired) electrons. The van der Waals surface area contributed by atoms with E-state index in [-0.39, 0.29) is 17.9 Å². The predicted octanol–water partition coefficient (Wildman–Crippen LogP) is -1.27. The van der Waals surface area contributed by atoms with E-state index in [1.807, 2.05) is 0 Å². The normalized spacial score (nSPS) is 24.8. The molecule has 1 fully saturated rings. The number of piperidine rings is 1. The van der Waals surface area contributed by atoms with Crippen molar-refractivity contribution in [2.24, 2.45) is 5.73 Å². The molecule has 74 valence electrons. The Morgan fingerprint density at radius 2 is 2.46 bits per heavy atom. The third-order valence-corrected chi connectivity index (χ3v) is 2.03. The summed E-state index contributed by atoms with van der Waals surface area (Å²) in [5, 5.41) is 5.44. The molecule has 0 saturated carbocycles. The molecule has 0 aromatic heterocycles. The molecule has 1 rings (SSSR count). The highest BCUT2D eigenvalue weighted by molar-refractivity contribution is 5.82. The monoisotopic (exact) mass is 185 g/mol. The molecule has 13 heavy (non-hydrogen) atoms. The van der Waals surface area contributed by atoms with Crippen molar-refractivity contribution >= 4 is 11.8 Å².